The first-order valence-electron chi connectivity index (χ1n) is 11.5. The van der Waals surface area contributed by atoms with Crippen molar-refractivity contribution in [3.05, 3.63) is 65.7 Å². The Labute approximate surface area is 191 Å². The first-order chi connectivity index (χ1) is 16.0. The highest BCUT2D eigenvalue weighted by atomic mass is 19.1. The monoisotopic (exact) mass is 452 g/mol. The number of aliphatic imine (C=N–C) groups is 1. The summed E-state index contributed by atoms with van der Waals surface area (Å²) in [7, 11) is 0. The van der Waals surface area contributed by atoms with E-state index in [0.29, 0.717) is 24.4 Å². The second-order valence-electron chi connectivity index (χ2n) is 9.04. The van der Waals surface area contributed by atoms with E-state index >= 15 is 0 Å². The number of amides is 3. The van der Waals surface area contributed by atoms with Crippen molar-refractivity contribution < 1.29 is 18.4 Å². The highest BCUT2D eigenvalue weighted by Gasteiger charge is 2.56. The number of carbonyl (C=O) groups is 2. The average Bonchev–Trinajstić information content (AvgIpc) is 3.35. The molecular weight excluding hydrogens is 426 g/mol. The fourth-order valence-electron chi connectivity index (χ4n) is 5.26. The first-order valence-corrected chi connectivity index (χ1v) is 11.5. The van der Waals surface area contributed by atoms with Crippen molar-refractivity contribution in [1.82, 2.24) is 10.2 Å². The van der Waals surface area contributed by atoms with E-state index in [9.17, 15) is 18.4 Å². The van der Waals surface area contributed by atoms with E-state index in [1.807, 2.05) is 6.07 Å². The van der Waals surface area contributed by atoms with Crippen LogP contribution in [-0.2, 0) is 0 Å². The molecule has 3 aliphatic rings. The quantitative estimate of drug-likeness (QED) is 0.745. The van der Waals surface area contributed by atoms with E-state index in [1.54, 1.807) is 29.2 Å². The summed E-state index contributed by atoms with van der Waals surface area (Å²) < 4.78 is 28.2. The van der Waals surface area contributed by atoms with Gasteiger partial charge in [0.1, 0.15) is 23.0 Å². The molecule has 1 spiro atoms. The number of halogens is 2. The van der Waals surface area contributed by atoms with Crippen LogP contribution in [0.5, 0.6) is 0 Å². The van der Waals surface area contributed by atoms with Gasteiger partial charge in [-0.05, 0) is 43.5 Å². The zero-order valence-electron chi connectivity index (χ0n) is 18.3. The molecule has 8 heteroatoms. The molecule has 1 atom stereocenters. The van der Waals surface area contributed by atoms with E-state index in [1.165, 1.54) is 11.3 Å². The van der Waals surface area contributed by atoms with E-state index in [0.717, 1.165) is 43.9 Å². The van der Waals surface area contributed by atoms with E-state index in [4.69, 9.17) is 4.99 Å². The van der Waals surface area contributed by atoms with Gasteiger partial charge in [0, 0.05) is 18.2 Å². The second-order valence-corrected chi connectivity index (χ2v) is 9.04. The molecular formula is C25H26F2N4O2. The minimum atomic E-state index is -0.987. The van der Waals surface area contributed by atoms with Crippen LogP contribution in [-0.4, -0.2) is 47.3 Å². The van der Waals surface area contributed by atoms with Crippen LogP contribution in [0.2, 0.25) is 0 Å². The van der Waals surface area contributed by atoms with Crippen molar-refractivity contribution in [2.75, 3.05) is 18.0 Å². The minimum Gasteiger partial charge on any atom is -0.336 e. The fraction of sp³-hybridized carbons (Fsp3) is 0.400. The third-order valence-electron chi connectivity index (χ3n) is 6.84. The van der Waals surface area contributed by atoms with Gasteiger partial charge in [-0.2, -0.15) is 0 Å². The van der Waals surface area contributed by atoms with Crippen LogP contribution in [0.4, 0.5) is 19.3 Å². The molecule has 2 aromatic rings. The van der Waals surface area contributed by atoms with Gasteiger partial charge in [0.2, 0.25) is 0 Å². The van der Waals surface area contributed by atoms with Crippen molar-refractivity contribution in [2.24, 2.45) is 4.99 Å². The molecule has 1 N–H and O–H groups in total. The number of likely N-dealkylation sites (tertiary alicyclic amines) is 1. The zero-order valence-corrected chi connectivity index (χ0v) is 18.3. The Morgan fingerprint density at radius 1 is 1.03 bits per heavy atom. The smallest absolute Gasteiger partial charge is 0.328 e. The van der Waals surface area contributed by atoms with Gasteiger partial charge >= 0.3 is 6.03 Å². The van der Waals surface area contributed by atoms with Gasteiger partial charge in [-0.1, -0.05) is 37.5 Å². The van der Waals surface area contributed by atoms with Crippen LogP contribution in [0.25, 0.3) is 0 Å². The predicted octanol–water partition coefficient (Wildman–Crippen LogP) is 4.51. The predicted molar refractivity (Wildman–Crippen MR) is 121 cm³/mol. The first kappa shape index (κ1) is 21.6. The molecule has 1 saturated carbocycles. The lowest BCUT2D eigenvalue weighted by Crippen LogP contribution is -2.53. The van der Waals surface area contributed by atoms with Gasteiger partial charge in [0.05, 0.1) is 18.3 Å². The van der Waals surface area contributed by atoms with Gasteiger partial charge in [0.25, 0.3) is 5.91 Å². The van der Waals surface area contributed by atoms with Crippen molar-refractivity contribution in [2.45, 2.75) is 50.1 Å². The normalized spacial score (nSPS) is 24.7. The minimum absolute atomic E-state index is 0.0917. The average molecular weight is 453 g/mol. The molecule has 1 aliphatic carbocycles. The highest BCUT2D eigenvalue weighted by Crippen LogP contribution is 2.39. The van der Waals surface area contributed by atoms with Gasteiger partial charge in [-0.15, -0.1) is 0 Å². The Morgan fingerprint density at radius 2 is 1.73 bits per heavy atom. The van der Waals surface area contributed by atoms with Gasteiger partial charge in [-0.3, -0.25) is 20.0 Å². The van der Waals surface area contributed by atoms with Crippen molar-refractivity contribution in [3.63, 3.8) is 0 Å². The standard InChI is InChI=1S/C25H26F2N4O2/c26-18-13-19(27)15-21(14-18)31-24(33)29-23(28-20-9-5-2-6-10-20)25(31)11-12-30(16-25)22(32)17-7-3-1-4-8-17/h1,3-4,7-8,13-15,20H,2,5-6,9-12,16H2,(H,28,29,33). The van der Waals surface area contributed by atoms with Crippen molar-refractivity contribution in [3.8, 4) is 0 Å². The van der Waals surface area contributed by atoms with Crippen molar-refractivity contribution in [1.29, 1.82) is 0 Å². The number of rotatable bonds is 3. The molecule has 6 nitrogen and oxygen atoms in total. The van der Waals surface area contributed by atoms with Crippen LogP contribution in [0.1, 0.15) is 48.9 Å². The molecule has 0 aromatic heterocycles. The number of nitrogens with one attached hydrogen (secondary N) is 1. The van der Waals surface area contributed by atoms with Crippen LogP contribution in [0.15, 0.2) is 53.5 Å². The molecule has 2 aliphatic heterocycles. The van der Waals surface area contributed by atoms with E-state index < -0.39 is 23.2 Å². The molecule has 1 unspecified atom stereocenters. The Morgan fingerprint density at radius 3 is 2.42 bits per heavy atom. The molecule has 2 saturated heterocycles. The Kier molecular flexibility index (Phi) is 5.60. The molecule has 3 fully saturated rings. The summed E-state index contributed by atoms with van der Waals surface area (Å²) in [5.74, 6) is -1.18. The number of hydrogen-bond acceptors (Lipinski definition) is 3. The summed E-state index contributed by atoms with van der Waals surface area (Å²) in [5, 5.41) is 2.87. The van der Waals surface area contributed by atoms with Crippen LogP contribution >= 0.6 is 0 Å². The number of amidine groups is 1. The fourth-order valence-corrected chi connectivity index (χ4v) is 5.26. The Balaban J connectivity index is 1.54. The lowest BCUT2D eigenvalue weighted by molar-refractivity contribution is 0.0788. The number of anilines is 1. The van der Waals surface area contributed by atoms with Crippen LogP contribution < -0.4 is 10.2 Å². The topological polar surface area (TPSA) is 65.0 Å². The van der Waals surface area contributed by atoms with Crippen molar-refractivity contribution >= 4 is 23.5 Å². The maximum atomic E-state index is 14.1. The number of carbonyl (C=O) groups excluding carboxylic acids is 2. The van der Waals surface area contributed by atoms with Gasteiger partial charge in [-0.25, -0.2) is 13.6 Å². The number of hydrogen-bond donors (Lipinski definition) is 1. The third kappa shape index (κ3) is 3.98. The number of benzene rings is 2. The van der Waals surface area contributed by atoms with Crippen LogP contribution in [0, 0.1) is 11.6 Å². The van der Waals surface area contributed by atoms with E-state index in [-0.39, 0.29) is 24.2 Å². The molecule has 2 heterocycles. The summed E-state index contributed by atoms with van der Waals surface area (Å²) in [5.41, 5.74) is -0.312. The summed E-state index contributed by atoms with van der Waals surface area (Å²) >= 11 is 0. The Hall–Kier alpha value is -3.29. The molecule has 33 heavy (non-hydrogen) atoms. The Bertz CT molecular complexity index is 1080. The van der Waals surface area contributed by atoms with Gasteiger partial charge in [0.15, 0.2) is 0 Å². The second kappa shape index (κ2) is 8.57. The molecule has 5 rings (SSSR count). The number of nitrogens with zero attached hydrogens (tertiary/aromatic N) is 3. The molecule has 0 bridgehead atoms. The molecule has 2 aromatic carbocycles. The lowest BCUT2D eigenvalue weighted by atomic mass is 9.93. The summed E-state index contributed by atoms with van der Waals surface area (Å²) in [4.78, 5) is 34.3. The third-order valence-corrected chi connectivity index (χ3v) is 6.84. The maximum Gasteiger partial charge on any atom is 0.328 e. The largest absolute Gasteiger partial charge is 0.336 e. The molecule has 0 radical (unpaired) electrons. The number of urea groups is 1. The maximum absolute atomic E-state index is 14.1. The molecule has 172 valence electrons. The SMILES string of the molecule is O=C(c1ccccc1)N1CCC2(C1)C(=NC1CCCCC1)NC(=O)N2c1cc(F)cc(F)c1. The zero-order chi connectivity index (χ0) is 23.0. The lowest BCUT2D eigenvalue weighted by Gasteiger charge is -2.34. The van der Waals surface area contributed by atoms with Crippen LogP contribution in [0.3, 0.4) is 0 Å². The summed E-state index contributed by atoms with van der Waals surface area (Å²) in [6.07, 6.45) is 5.65. The van der Waals surface area contributed by atoms with Gasteiger partial charge < -0.3 is 4.90 Å². The highest BCUT2D eigenvalue weighted by molar-refractivity contribution is 6.19. The van der Waals surface area contributed by atoms with E-state index in [2.05, 4.69) is 5.32 Å². The summed E-state index contributed by atoms with van der Waals surface area (Å²) in [6, 6.07) is 11.6. The summed E-state index contributed by atoms with van der Waals surface area (Å²) in [6.45, 7) is 0.601. The molecule has 3 amide bonds.